The number of carbonyl (C=O) groups is 2. The second kappa shape index (κ2) is 6.84. The number of anilines is 2. The Labute approximate surface area is 125 Å². The molecule has 0 radical (unpaired) electrons. The maximum Gasteiger partial charge on any atom is 0.234 e. The van der Waals surface area contributed by atoms with Crippen LogP contribution in [0.4, 0.5) is 11.4 Å². The van der Waals surface area contributed by atoms with Crippen molar-refractivity contribution in [2.45, 2.75) is 12.1 Å². The number of nitrogens with zero attached hydrogens (tertiary/aromatic N) is 4. The van der Waals surface area contributed by atoms with E-state index in [0.29, 0.717) is 16.5 Å². The van der Waals surface area contributed by atoms with Crippen molar-refractivity contribution in [1.82, 2.24) is 20.2 Å². The van der Waals surface area contributed by atoms with Crippen molar-refractivity contribution in [3.05, 3.63) is 24.3 Å². The number of carbonyl (C=O) groups excluding carboxylic acids is 2. The lowest BCUT2D eigenvalue weighted by Gasteiger charge is -2.06. The van der Waals surface area contributed by atoms with Crippen LogP contribution in [0.1, 0.15) is 6.92 Å². The zero-order chi connectivity index (χ0) is 15.2. The highest BCUT2D eigenvalue weighted by molar-refractivity contribution is 7.99. The van der Waals surface area contributed by atoms with E-state index < -0.39 is 0 Å². The smallest absolute Gasteiger partial charge is 0.234 e. The largest absolute Gasteiger partial charge is 0.326 e. The molecule has 2 amide bonds. The van der Waals surface area contributed by atoms with E-state index >= 15 is 0 Å². The third kappa shape index (κ3) is 4.56. The lowest BCUT2D eigenvalue weighted by atomic mass is 10.3. The topological polar surface area (TPSA) is 102 Å². The van der Waals surface area contributed by atoms with Gasteiger partial charge in [-0.05, 0) is 34.7 Å². The number of benzene rings is 1. The average molecular weight is 306 g/mol. The van der Waals surface area contributed by atoms with E-state index in [4.69, 9.17) is 0 Å². The van der Waals surface area contributed by atoms with Crippen molar-refractivity contribution in [2.75, 3.05) is 16.4 Å². The molecule has 2 N–H and O–H groups in total. The van der Waals surface area contributed by atoms with E-state index in [1.54, 1.807) is 31.3 Å². The first-order chi connectivity index (χ1) is 10.0. The van der Waals surface area contributed by atoms with E-state index in [2.05, 4.69) is 26.2 Å². The quantitative estimate of drug-likeness (QED) is 0.796. The van der Waals surface area contributed by atoms with Crippen molar-refractivity contribution < 1.29 is 9.59 Å². The summed E-state index contributed by atoms with van der Waals surface area (Å²) < 4.78 is 1.50. The Kier molecular flexibility index (Phi) is 4.88. The number of aromatic nitrogens is 4. The van der Waals surface area contributed by atoms with E-state index in [1.807, 2.05) is 0 Å². The van der Waals surface area contributed by atoms with Gasteiger partial charge in [-0.1, -0.05) is 11.8 Å². The Bertz CT molecular complexity index is 639. The lowest BCUT2D eigenvalue weighted by molar-refractivity contribution is -0.114. The molecule has 0 unspecified atom stereocenters. The Morgan fingerprint density at radius 1 is 1.19 bits per heavy atom. The molecular formula is C12H14N6O2S. The van der Waals surface area contributed by atoms with Gasteiger partial charge in [-0.3, -0.25) is 9.59 Å². The molecule has 0 atom stereocenters. The highest BCUT2D eigenvalue weighted by Gasteiger charge is 2.08. The van der Waals surface area contributed by atoms with Crippen LogP contribution in [0, 0.1) is 0 Å². The molecule has 0 aliphatic rings. The molecular weight excluding hydrogens is 292 g/mol. The monoisotopic (exact) mass is 306 g/mol. The molecule has 1 aromatic carbocycles. The third-order valence-corrected chi connectivity index (χ3v) is 3.41. The zero-order valence-corrected chi connectivity index (χ0v) is 12.3. The number of tetrazole rings is 1. The molecule has 0 spiro atoms. The maximum atomic E-state index is 11.8. The second-order valence-electron chi connectivity index (χ2n) is 4.18. The van der Waals surface area contributed by atoms with Crippen molar-refractivity contribution in [1.29, 1.82) is 0 Å². The fourth-order valence-electron chi connectivity index (χ4n) is 1.51. The minimum atomic E-state index is -0.157. The van der Waals surface area contributed by atoms with E-state index in [0.717, 1.165) is 0 Å². The predicted molar refractivity (Wildman–Crippen MR) is 78.9 cm³/mol. The van der Waals surface area contributed by atoms with Crippen LogP contribution >= 0.6 is 11.8 Å². The Hall–Kier alpha value is -2.42. The summed E-state index contributed by atoms with van der Waals surface area (Å²) in [7, 11) is 1.71. The lowest BCUT2D eigenvalue weighted by Crippen LogP contribution is -2.14. The van der Waals surface area contributed by atoms with Gasteiger partial charge in [-0.15, -0.1) is 5.10 Å². The summed E-state index contributed by atoms with van der Waals surface area (Å²) >= 11 is 1.25. The summed E-state index contributed by atoms with van der Waals surface area (Å²) in [5.41, 5.74) is 1.34. The summed E-state index contributed by atoms with van der Waals surface area (Å²) in [6.45, 7) is 1.44. The summed E-state index contributed by atoms with van der Waals surface area (Å²) in [4.78, 5) is 22.7. The van der Waals surface area contributed by atoms with Gasteiger partial charge in [0.05, 0.1) is 5.75 Å². The highest BCUT2D eigenvalue weighted by atomic mass is 32.2. The Morgan fingerprint density at radius 2 is 1.81 bits per heavy atom. The highest BCUT2D eigenvalue weighted by Crippen LogP contribution is 2.15. The van der Waals surface area contributed by atoms with Crippen LogP contribution in [-0.2, 0) is 16.6 Å². The van der Waals surface area contributed by atoms with Gasteiger partial charge >= 0.3 is 0 Å². The molecule has 0 saturated carbocycles. The summed E-state index contributed by atoms with van der Waals surface area (Å²) in [5.74, 6) is -0.0856. The van der Waals surface area contributed by atoms with Crippen molar-refractivity contribution >= 4 is 35.0 Å². The number of rotatable bonds is 5. The number of aryl methyl sites for hydroxylation is 1. The Morgan fingerprint density at radius 3 is 2.33 bits per heavy atom. The first kappa shape index (κ1) is 15.0. The van der Waals surface area contributed by atoms with Crippen LogP contribution < -0.4 is 10.6 Å². The molecule has 0 saturated heterocycles. The molecule has 0 aliphatic heterocycles. The van der Waals surface area contributed by atoms with Gasteiger partial charge in [0, 0.05) is 25.3 Å². The van der Waals surface area contributed by atoms with Gasteiger partial charge in [-0.25, -0.2) is 4.68 Å². The molecule has 21 heavy (non-hydrogen) atoms. The predicted octanol–water partition coefficient (Wildman–Crippen LogP) is 0.899. The van der Waals surface area contributed by atoms with Crippen LogP contribution in [0.3, 0.4) is 0 Å². The minimum Gasteiger partial charge on any atom is -0.326 e. The summed E-state index contributed by atoms with van der Waals surface area (Å²) in [6, 6.07) is 6.88. The minimum absolute atomic E-state index is 0.138. The zero-order valence-electron chi connectivity index (χ0n) is 11.5. The fourth-order valence-corrected chi connectivity index (χ4v) is 2.16. The van der Waals surface area contributed by atoms with Crippen LogP contribution in [0.5, 0.6) is 0 Å². The van der Waals surface area contributed by atoms with Gasteiger partial charge in [0.1, 0.15) is 0 Å². The second-order valence-corrected chi connectivity index (χ2v) is 5.12. The molecule has 1 heterocycles. The Balaban J connectivity index is 1.85. The van der Waals surface area contributed by atoms with Crippen molar-refractivity contribution in [3.63, 3.8) is 0 Å². The summed E-state index contributed by atoms with van der Waals surface area (Å²) in [6.07, 6.45) is 0. The third-order valence-electron chi connectivity index (χ3n) is 2.40. The molecule has 1 aromatic heterocycles. The number of hydrogen-bond acceptors (Lipinski definition) is 6. The molecule has 0 bridgehead atoms. The molecule has 9 heteroatoms. The first-order valence-corrected chi connectivity index (χ1v) is 7.06. The van der Waals surface area contributed by atoms with Crippen LogP contribution in [-0.4, -0.2) is 37.8 Å². The fraction of sp³-hybridized carbons (Fsp3) is 0.250. The molecule has 2 aromatic rings. The van der Waals surface area contributed by atoms with E-state index in [1.165, 1.54) is 23.4 Å². The molecule has 110 valence electrons. The normalized spacial score (nSPS) is 10.2. The molecule has 0 fully saturated rings. The first-order valence-electron chi connectivity index (χ1n) is 6.07. The van der Waals surface area contributed by atoms with Crippen LogP contribution in [0.25, 0.3) is 0 Å². The standard InChI is InChI=1S/C12H14N6O2S/c1-8(19)13-9-3-5-10(6-4-9)14-11(20)7-21-12-15-16-17-18(12)2/h3-6H,7H2,1-2H3,(H,13,19)(H,14,20). The van der Waals surface area contributed by atoms with E-state index in [-0.39, 0.29) is 17.6 Å². The SMILES string of the molecule is CC(=O)Nc1ccc(NC(=O)CSc2nnnn2C)cc1. The van der Waals surface area contributed by atoms with Crippen LogP contribution in [0.2, 0.25) is 0 Å². The maximum absolute atomic E-state index is 11.8. The molecule has 8 nitrogen and oxygen atoms in total. The number of hydrogen-bond donors (Lipinski definition) is 2. The summed E-state index contributed by atoms with van der Waals surface area (Å²) in [5, 5.41) is 16.9. The number of thioether (sulfide) groups is 1. The van der Waals surface area contributed by atoms with Crippen molar-refractivity contribution in [2.24, 2.45) is 7.05 Å². The molecule has 2 rings (SSSR count). The van der Waals surface area contributed by atoms with Gasteiger partial charge in [0.15, 0.2) is 0 Å². The van der Waals surface area contributed by atoms with Gasteiger partial charge in [-0.2, -0.15) is 0 Å². The van der Waals surface area contributed by atoms with Gasteiger partial charge < -0.3 is 10.6 Å². The van der Waals surface area contributed by atoms with Gasteiger partial charge in [0.25, 0.3) is 0 Å². The van der Waals surface area contributed by atoms with Crippen LogP contribution in [0.15, 0.2) is 29.4 Å². The average Bonchev–Trinajstić information content (AvgIpc) is 2.84. The number of nitrogens with one attached hydrogen (secondary N) is 2. The van der Waals surface area contributed by atoms with Gasteiger partial charge in [0.2, 0.25) is 17.0 Å². The van der Waals surface area contributed by atoms with Crippen molar-refractivity contribution in [3.8, 4) is 0 Å². The molecule has 0 aliphatic carbocycles. The number of amides is 2. The van der Waals surface area contributed by atoms with E-state index in [9.17, 15) is 9.59 Å².